The van der Waals surface area contributed by atoms with E-state index in [4.69, 9.17) is 16.3 Å². The van der Waals surface area contributed by atoms with Crippen LogP contribution in [0.3, 0.4) is 0 Å². The molecule has 0 aliphatic rings. The number of methoxy groups -OCH3 is 1. The van der Waals surface area contributed by atoms with Crippen LogP contribution in [-0.4, -0.2) is 51.5 Å². The first-order chi connectivity index (χ1) is 14.5. The lowest BCUT2D eigenvalue weighted by molar-refractivity contribution is -0.121. The van der Waals surface area contributed by atoms with E-state index in [1.165, 1.54) is 10.9 Å². The molecule has 0 saturated heterocycles. The molecule has 0 radical (unpaired) electrons. The van der Waals surface area contributed by atoms with Crippen molar-refractivity contribution in [2.24, 2.45) is 0 Å². The molecule has 3 aromatic rings. The van der Waals surface area contributed by atoms with E-state index in [0.29, 0.717) is 22.3 Å². The third-order valence-corrected chi connectivity index (χ3v) is 4.50. The second-order valence-electron chi connectivity index (χ2n) is 6.24. The smallest absolute Gasteiger partial charge is 0.241 e. The fraction of sp³-hybridized carbons (Fsp3) is 0.263. The number of amides is 1. The van der Waals surface area contributed by atoms with Gasteiger partial charge in [-0.25, -0.2) is 4.98 Å². The number of aliphatic hydroxyl groups is 1. The van der Waals surface area contributed by atoms with Crippen LogP contribution in [0.1, 0.15) is 11.6 Å². The van der Waals surface area contributed by atoms with Gasteiger partial charge in [-0.05, 0) is 6.07 Å². The number of para-hydroxylation sites is 1. The van der Waals surface area contributed by atoms with Crippen LogP contribution in [0.15, 0.2) is 42.9 Å². The van der Waals surface area contributed by atoms with E-state index in [1.54, 1.807) is 26.6 Å². The maximum atomic E-state index is 11.5. The Kier molecular flexibility index (Phi) is 7.04. The van der Waals surface area contributed by atoms with E-state index in [-0.39, 0.29) is 25.0 Å². The van der Waals surface area contributed by atoms with Crippen molar-refractivity contribution in [3.05, 3.63) is 53.4 Å². The van der Waals surface area contributed by atoms with Crippen LogP contribution < -0.4 is 20.7 Å². The lowest BCUT2D eigenvalue weighted by atomic mass is 10.1. The molecule has 0 fully saturated rings. The first-order valence-corrected chi connectivity index (χ1v) is 9.44. The number of halogens is 1. The van der Waals surface area contributed by atoms with Crippen LogP contribution in [0.5, 0.6) is 5.75 Å². The lowest BCUT2D eigenvalue weighted by Gasteiger charge is -2.20. The standard InChI is InChI=1S/C19H22ClN7O3/c1-21-17(29)10-27-9-12(7-23-27)24-19-22-8-14(20)18(26-19)25-15(11-28)13-5-3-4-6-16(13)30-2/h3-9,15,28H,10-11H2,1-2H3,(H,21,29)(H2,22,24,25,26)/t15-/m1/s1. The molecule has 0 unspecified atom stereocenters. The summed E-state index contributed by atoms with van der Waals surface area (Å²) in [4.78, 5) is 20.0. The fourth-order valence-corrected chi connectivity index (χ4v) is 2.89. The minimum absolute atomic E-state index is 0.101. The zero-order chi connectivity index (χ0) is 21.5. The van der Waals surface area contributed by atoms with Crippen molar-refractivity contribution in [3.63, 3.8) is 0 Å². The summed E-state index contributed by atoms with van der Waals surface area (Å²) >= 11 is 6.25. The van der Waals surface area contributed by atoms with Gasteiger partial charge in [-0.1, -0.05) is 29.8 Å². The van der Waals surface area contributed by atoms with Crippen LogP contribution >= 0.6 is 11.6 Å². The summed E-state index contributed by atoms with van der Waals surface area (Å²) in [5.41, 5.74) is 1.37. The van der Waals surface area contributed by atoms with Crippen LogP contribution in [-0.2, 0) is 11.3 Å². The van der Waals surface area contributed by atoms with Gasteiger partial charge in [0.1, 0.15) is 17.3 Å². The van der Waals surface area contributed by atoms with Crippen LogP contribution in [0.25, 0.3) is 0 Å². The van der Waals surface area contributed by atoms with E-state index in [9.17, 15) is 9.90 Å². The average molecular weight is 432 g/mol. The topological polar surface area (TPSA) is 126 Å². The predicted molar refractivity (Wildman–Crippen MR) is 113 cm³/mol. The first-order valence-electron chi connectivity index (χ1n) is 9.07. The summed E-state index contributed by atoms with van der Waals surface area (Å²) in [6.07, 6.45) is 4.66. The summed E-state index contributed by atoms with van der Waals surface area (Å²) in [6.45, 7) is -0.0979. The Balaban J connectivity index is 1.77. The molecule has 10 nitrogen and oxygen atoms in total. The normalized spacial score (nSPS) is 11.6. The van der Waals surface area contributed by atoms with Crippen molar-refractivity contribution in [2.45, 2.75) is 12.6 Å². The lowest BCUT2D eigenvalue weighted by Crippen LogP contribution is -2.23. The molecule has 4 N–H and O–H groups in total. The van der Waals surface area contributed by atoms with Crippen molar-refractivity contribution < 1.29 is 14.6 Å². The molecule has 2 aromatic heterocycles. The van der Waals surface area contributed by atoms with E-state index >= 15 is 0 Å². The van der Waals surface area contributed by atoms with Gasteiger partial charge < -0.3 is 25.8 Å². The Hall–Kier alpha value is -3.37. The number of aromatic nitrogens is 4. The van der Waals surface area contributed by atoms with E-state index in [2.05, 4.69) is 31.0 Å². The van der Waals surface area contributed by atoms with Gasteiger partial charge >= 0.3 is 0 Å². The van der Waals surface area contributed by atoms with Gasteiger partial charge in [-0.2, -0.15) is 10.1 Å². The molecule has 3 rings (SSSR count). The third kappa shape index (κ3) is 5.16. The Morgan fingerprint density at radius 1 is 1.33 bits per heavy atom. The van der Waals surface area contributed by atoms with E-state index in [1.807, 2.05) is 24.3 Å². The molecule has 11 heteroatoms. The molecule has 1 atom stereocenters. The van der Waals surface area contributed by atoms with Gasteiger partial charge in [0.05, 0.1) is 37.8 Å². The minimum atomic E-state index is -0.489. The molecular formula is C19H22ClN7O3. The average Bonchev–Trinajstić information content (AvgIpc) is 3.20. The maximum Gasteiger partial charge on any atom is 0.241 e. The number of benzene rings is 1. The second-order valence-corrected chi connectivity index (χ2v) is 6.64. The molecule has 0 aliphatic carbocycles. The highest BCUT2D eigenvalue weighted by Crippen LogP contribution is 2.30. The summed E-state index contributed by atoms with van der Waals surface area (Å²) in [6, 6.07) is 6.87. The molecular weight excluding hydrogens is 410 g/mol. The number of likely N-dealkylation sites (N-methyl/N-ethyl adjacent to an activating group) is 1. The van der Waals surface area contributed by atoms with Crippen molar-refractivity contribution in [1.82, 2.24) is 25.1 Å². The minimum Gasteiger partial charge on any atom is -0.496 e. The number of rotatable bonds is 9. The number of aliphatic hydroxyl groups excluding tert-OH is 1. The number of anilines is 3. The molecule has 1 aromatic carbocycles. The van der Waals surface area contributed by atoms with Crippen LogP contribution in [0.2, 0.25) is 5.02 Å². The third-order valence-electron chi connectivity index (χ3n) is 4.23. The van der Waals surface area contributed by atoms with Crippen molar-refractivity contribution in [2.75, 3.05) is 31.4 Å². The zero-order valence-electron chi connectivity index (χ0n) is 16.5. The number of carbonyl (C=O) groups is 1. The Labute approximate surface area is 178 Å². The molecule has 0 saturated carbocycles. The van der Waals surface area contributed by atoms with E-state index < -0.39 is 6.04 Å². The molecule has 0 bridgehead atoms. The van der Waals surface area contributed by atoms with Crippen molar-refractivity contribution >= 4 is 35.0 Å². The van der Waals surface area contributed by atoms with Crippen molar-refractivity contribution in [1.29, 1.82) is 0 Å². The number of carbonyl (C=O) groups excluding carboxylic acids is 1. The largest absolute Gasteiger partial charge is 0.496 e. The summed E-state index contributed by atoms with van der Waals surface area (Å²) in [5.74, 6) is 1.09. The Morgan fingerprint density at radius 2 is 2.13 bits per heavy atom. The number of hydrogen-bond donors (Lipinski definition) is 4. The summed E-state index contributed by atoms with van der Waals surface area (Å²) in [5, 5.41) is 23.0. The van der Waals surface area contributed by atoms with Gasteiger partial charge in [-0.15, -0.1) is 0 Å². The highest BCUT2D eigenvalue weighted by Gasteiger charge is 2.17. The molecule has 158 valence electrons. The number of hydrogen-bond acceptors (Lipinski definition) is 8. The number of ether oxygens (including phenoxy) is 1. The molecule has 0 spiro atoms. The van der Waals surface area contributed by atoms with Gasteiger partial charge in [-0.3, -0.25) is 9.48 Å². The van der Waals surface area contributed by atoms with E-state index in [0.717, 1.165) is 5.56 Å². The zero-order valence-corrected chi connectivity index (χ0v) is 17.2. The van der Waals surface area contributed by atoms with Crippen molar-refractivity contribution in [3.8, 4) is 5.75 Å². The fourth-order valence-electron chi connectivity index (χ4n) is 2.74. The number of nitrogens with one attached hydrogen (secondary N) is 3. The first kappa shape index (κ1) is 21.3. The van der Waals surface area contributed by atoms with Gasteiger partial charge in [0.15, 0.2) is 5.82 Å². The van der Waals surface area contributed by atoms with Gasteiger partial charge in [0.2, 0.25) is 11.9 Å². The van der Waals surface area contributed by atoms with Crippen LogP contribution in [0, 0.1) is 0 Å². The maximum absolute atomic E-state index is 11.5. The van der Waals surface area contributed by atoms with Crippen LogP contribution in [0.4, 0.5) is 17.5 Å². The molecule has 2 heterocycles. The SMILES string of the molecule is CNC(=O)Cn1cc(Nc2ncc(Cl)c(N[C@H](CO)c3ccccc3OC)n2)cn1. The molecule has 1 amide bonds. The predicted octanol–water partition coefficient (Wildman–Crippen LogP) is 1.97. The monoisotopic (exact) mass is 431 g/mol. The summed E-state index contributed by atoms with van der Waals surface area (Å²) in [7, 11) is 3.13. The highest BCUT2D eigenvalue weighted by molar-refractivity contribution is 6.32. The quantitative estimate of drug-likeness (QED) is 0.405. The Morgan fingerprint density at radius 3 is 2.87 bits per heavy atom. The molecule has 30 heavy (non-hydrogen) atoms. The van der Waals surface area contributed by atoms with Gasteiger partial charge in [0, 0.05) is 18.8 Å². The molecule has 0 aliphatic heterocycles. The van der Waals surface area contributed by atoms with Gasteiger partial charge in [0.25, 0.3) is 0 Å². The summed E-state index contributed by atoms with van der Waals surface area (Å²) < 4.78 is 6.86. The highest BCUT2D eigenvalue weighted by atomic mass is 35.5. The number of nitrogens with zero attached hydrogens (tertiary/aromatic N) is 4. The second kappa shape index (κ2) is 9.90. The Bertz CT molecular complexity index is 1010.